The van der Waals surface area contributed by atoms with Crippen molar-refractivity contribution in [3.8, 4) is 0 Å². The summed E-state index contributed by atoms with van der Waals surface area (Å²) in [5.41, 5.74) is -0.235. The number of piperidine rings is 1. The minimum atomic E-state index is -0.767. The van der Waals surface area contributed by atoms with E-state index in [1.165, 1.54) is 11.5 Å². The first kappa shape index (κ1) is 14.2. The van der Waals surface area contributed by atoms with Crippen LogP contribution < -0.4 is 4.90 Å². The van der Waals surface area contributed by atoms with Crippen LogP contribution in [0.4, 0.5) is 5.13 Å². The molecule has 6 heteroatoms. The molecule has 1 aliphatic rings. The summed E-state index contributed by atoms with van der Waals surface area (Å²) in [6, 6.07) is -0.510. The monoisotopic (exact) mass is 283 g/mol. The molecule has 1 atom stereocenters. The lowest BCUT2D eigenvalue weighted by Gasteiger charge is -2.43. The van der Waals surface area contributed by atoms with E-state index in [9.17, 15) is 9.90 Å². The number of aliphatic carboxylic acids is 1. The van der Waals surface area contributed by atoms with Crippen LogP contribution >= 0.6 is 11.5 Å². The molecule has 1 N–H and O–H groups in total. The Morgan fingerprint density at radius 2 is 2.32 bits per heavy atom. The second-order valence-electron chi connectivity index (χ2n) is 5.77. The highest BCUT2D eigenvalue weighted by Gasteiger charge is 2.43. The molecule has 5 nitrogen and oxygen atoms in total. The highest BCUT2D eigenvalue weighted by molar-refractivity contribution is 7.09. The topological polar surface area (TPSA) is 66.3 Å². The molecule has 0 aliphatic carbocycles. The van der Waals surface area contributed by atoms with Crippen molar-refractivity contribution in [1.29, 1.82) is 0 Å². The molecule has 0 amide bonds. The van der Waals surface area contributed by atoms with Gasteiger partial charge in [0.15, 0.2) is 0 Å². The van der Waals surface area contributed by atoms with Crippen molar-refractivity contribution in [1.82, 2.24) is 9.36 Å². The highest BCUT2D eigenvalue weighted by Crippen LogP contribution is 2.38. The average Bonchev–Trinajstić information content (AvgIpc) is 2.75. The highest BCUT2D eigenvalue weighted by atomic mass is 32.1. The number of rotatable bonds is 4. The summed E-state index contributed by atoms with van der Waals surface area (Å²) >= 11 is 1.32. The molecular weight excluding hydrogens is 262 g/mol. The standard InChI is InChI=1S/C13H21N3O2S/c1-4-6-9-14-12(19-15-9)16-8-5-7-13(2,3)10(16)11(17)18/h10H,4-8H2,1-3H3,(H,17,18). The molecule has 0 spiro atoms. The molecule has 1 saturated heterocycles. The van der Waals surface area contributed by atoms with Crippen LogP contribution in [0.1, 0.15) is 45.9 Å². The van der Waals surface area contributed by atoms with Gasteiger partial charge in [0, 0.05) is 24.5 Å². The van der Waals surface area contributed by atoms with Gasteiger partial charge in [0.25, 0.3) is 0 Å². The first-order chi connectivity index (χ1) is 8.95. The van der Waals surface area contributed by atoms with E-state index in [-0.39, 0.29) is 5.41 Å². The predicted octanol–water partition coefficient (Wildman–Crippen LogP) is 2.57. The normalized spacial score (nSPS) is 22.5. The predicted molar refractivity (Wildman–Crippen MR) is 75.7 cm³/mol. The smallest absolute Gasteiger partial charge is 0.326 e. The van der Waals surface area contributed by atoms with Crippen LogP contribution in [0.2, 0.25) is 0 Å². The van der Waals surface area contributed by atoms with Gasteiger partial charge in [-0.3, -0.25) is 0 Å². The van der Waals surface area contributed by atoms with Crippen LogP contribution in [0.5, 0.6) is 0 Å². The summed E-state index contributed by atoms with van der Waals surface area (Å²) in [7, 11) is 0. The average molecular weight is 283 g/mol. The Labute approximate surface area is 117 Å². The maximum atomic E-state index is 11.6. The van der Waals surface area contributed by atoms with Crippen LogP contribution in [0, 0.1) is 5.41 Å². The number of anilines is 1. The Bertz CT molecular complexity index is 458. The first-order valence-electron chi connectivity index (χ1n) is 6.77. The molecule has 0 radical (unpaired) electrons. The molecule has 1 aromatic heterocycles. The van der Waals surface area contributed by atoms with E-state index in [2.05, 4.69) is 16.3 Å². The third-order valence-electron chi connectivity index (χ3n) is 3.68. The van der Waals surface area contributed by atoms with Crippen molar-refractivity contribution in [3.05, 3.63) is 5.82 Å². The molecule has 2 heterocycles. The van der Waals surface area contributed by atoms with Crippen molar-refractivity contribution in [2.24, 2.45) is 5.41 Å². The minimum Gasteiger partial charge on any atom is -0.480 e. The van der Waals surface area contributed by atoms with Crippen LogP contribution in [-0.2, 0) is 11.2 Å². The van der Waals surface area contributed by atoms with Gasteiger partial charge in [-0.15, -0.1) is 0 Å². The number of carbonyl (C=O) groups is 1. The maximum absolute atomic E-state index is 11.6. The molecular formula is C13H21N3O2S. The quantitative estimate of drug-likeness (QED) is 0.920. The van der Waals surface area contributed by atoms with Gasteiger partial charge in [0.2, 0.25) is 5.13 Å². The summed E-state index contributed by atoms with van der Waals surface area (Å²) in [6.07, 6.45) is 3.79. The Kier molecular flexibility index (Phi) is 4.08. The fourth-order valence-corrected chi connectivity index (χ4v) is 3.52. The van der Waals surface area contributed by atoms with Crippen molar-refractivity contribution < 1.29 is 9.90 Å². The molecule has 19 heavy (non-hydrogen) atoms. The molecule has 2 rings (SSSR count). The van der Waals surface area contributed by atoms with Gasteiger partial charge >= 0.3 is 5.97 Å². The van der Waals surface area contributed by atoms with Crippen molar-refractivity contribution in [2.75, 3.05) is 11.4 Å². The van der Waals surface area contributed by atoms with Gasteiger partial charge in [0.1, 0.15) is 11.9 Å². The third kappa shape index (κ3) is 2.88. The Hall–Kier alpha value is -1.17. The van der Waals surface area contributed by atoms with E-state index >= 15 is 0 Å². The van der Waals surface area contributed by atoms with Crippen LogP contribution in [0.25, 0.3) is 0 Å². The van der Waals surface area contributed by atoms with E-state index in [1.807, 2.05) is 18.7 Å². The summed E-state index contributed by atoms with van der Waals surface area (Å²) in [5.74, 6) is 0.0620. The second kappa shape index (κ2) is 5.45. The minimum absolute atomic E-state index is 0.235. The Morgan fingerprint density at radius 1 is 1.58 bits per heavy atom. The number of aromatic nitrogens is 2. The maximum Gasteiger partial charge on any atom is 0.326 e. The van der Waals surface area contributed by atoms with Crippen molar-refractivity contribution in [3.63, 3.8) is 0 Å². The molecule has 1 fully saturated rings. The molecule has 1 aromatic rings. The zero-order valence-electron chi connectivity index (χ0n) is 11.7. The number of hydrogen-bond donors (Lipinski definition) is 1. The van der Waals surface area contributed by atoms with Crippen molar-refractivity contribution >= 4 is 22.6 Å². The third-order valence-corrected chi connectivity index (χ3v) is 4.47. The lowest BCUT2D eigenvalue weighted by Crippen LogP contribution is -2.54. The van der Waals surface area contributed by atoms with Gasteiger partial charge in [-0.2, -0.15) is 4.37 Å². The molecule has 0 bridgehead atoms. The SMILES string of the molecule is CCCc1nsc(N2CCCC(C)(C)C2C(=O)O)n1. The lowest BCUT2D eigenvalue weighted by molar-refractivity contribution is -0.142. The van der Waals surface area contributed by atoms with E-state index in [0.29, 0.717) is 0 Å². The van der Waals surface area contributed by atoms with Crippen LogP contribution in [0.3, 0.4) is 0 Å². The zero-order chi connectivity index (χ0) is 14.0. The van der Waals surface area contributed by atoms with Crippen LogP contribution in [0.15, 0.2) is 0 Å². The molecule has 1 aliphatic heterocycles. The molecule has 0 aromatic carbocycles. The van der Waals surface area contributed by atoms with Gasteiger partial charge in [-0.05, 0) is 24.7 Å². The first-order valence-corrected chi connectivity index (χ1v) is 7.55. The Morgan fingerprint density at radius 3 is 2.95 bits per heavy atom. The summed E-state index contributed by atoms with van der Waals surface area (Å²) in [6.45, 7) is 6.88. The molecule has 106 valence electrons. The lowest BCUT2D eigenvalue weighted by atomic mass is 9.76. The number of nitrogens with zero attached hydrogens (tertiary/aromatic N) is 3. The molecule has 1 unspecified atom stereocenters. The van der Waals surface area contributed by atoms with Gasteiger partial charge in [-0.25, -0.2) is 9.78 Å². The summed E-state index contributed by atoms with van der Waals surface area (Å²) in [5, 5.41) is 10.3. The number of aryl methyl sites for hydroxylation is 1. The zero-order valence-corrected chi connectivity index (χ0v) is 12.5. The van der Waals surface area contributed by atoms with E-state index in [4.69, 9.17) is 0 Å². The van der Waals surface area contributed by atoms with Gasteiger partial charge in [-0.1, -0.05) is 20.8 Å². The number of carboxylic acid groups (broad SMARTS) is 1. The fraction of sp³-hybridized carbons (Fsp3) is 0.769. The summed E-state index contributed by atoms with van der Waals surface area (Å²) < 4.78 is 4.32. The van der Waals surface area contributed by atoms with E-state index < -0.39 is 12.0 Å². The van der Waals surface area contributed by atoms with E-state index in [1.54, 1.807) is 0 Å². The molecule has 0 saturated carbocycles. The largest absolute Gasteiger partial charge is 0.480 e. The van der Waals surface area contributed by atoms with Gasteiger partial charge in [0.05, 0.1) is 0 Å². The second-order valence-corrected chi connectivity index (χ2v) is 6.50. The van der Waals surface area contributed by atoms with Crippen molar-refractivity contribution in [2.45, 2.75) is 52.5 Å². The number of hydrogen-bond acceptors (Lipinski definition) is 5. The fourth-order valence-electron chi connectivity index (χ4n) is 2.75. The Balaban J connectivity index is 2.27. The van der Waals surface area contributed by atoms with Crippen LogP contribution in [-0.4, -0.2) is 33.0 Å². The van der Waals surface area contributed by atoms with Gasteiger partial charge < -0.3 is 10.0 Å². The van der Waals surface area contributed by atoms with E-state index in [0.717, 1.165) is 43.2 Å². The number of carboxylic acids is 1. The summed E-state index contributed by atoms with van der Waals surface area (Å²) in [4.78, 5) is 18.0.